The maximum atomic E-state index is 11.8. The van der Waals surface area contributed by atoms with E-state index in [9.17, 15) is 9.59 Å². The molecule has 0 bridgehead atoms. The molecule has 1 fully saturated rings. The normalized spacial score (nSPS) is 14.2. The van der Waals surface area contributed by atoms with Gasteiger partial charge in [-0.1, -0.05) is 49.4 Å². The molecule has 1 saturated carbocycles. The molecular formula is C21H29N3O3. The number of urea groups is 1. The summed E-state index contributed by atoms with van der Waals surface area (Å²) in [7, 11) is 0. The van der Waals surface area contributed by atoms with E-state index >= 15 is 0 Å². The lowest BCUT2D eigenvalue weighted by molar-refractivity contribution is -0.120. The van der Waals surface area contributed by atoms with Crippen LogP contribution in [0.15, 0.2) is 24.3 Å². The van der Waals surface area contributed by atoms with Gasteiger partial charge in [0, 0.05) is 19.5 Å². The molecule has 0 radical (unpaired) electrons. The van der Waals surface area contributed by atoms with Crippen molar-refractivity contribution in [2.75, 3.05) is 13.1 Å². The van der Waals surface area contributed by atoms with Gasteiger partial charge in [0.1, 0.15) is 0 Å². The van der Waals surface area contributed by atoms with Crippen molar-refractivity contribution in [3.63, 3.8) is 0 Å². The zero-order valence-corrected chi connectivity index (χ0v) is 15.8. The predicted molar refractivity (Wildman–Crippen MR) is 105 cm³/mol. The number of carbonyl (C=O) groups is 2. The van der Waals surface area contributed by atoms with E-state index in [4.69, 9.17) is 11.2 Å². The molecule has 3 N–H and O–H groups in total. The smallest absolute Gasteiger partial charge is 0.315 e. The standard InChI is InChI=1S/C21H29N3O3/c1-2-12-22-20(25)11-13-23-21(26)24-15-17-7-6-8-18(14-17)16-27-19-9-4-3-5-10-19/h1,6-8,14,19H,3-5,9-13,15-16H2,(H,22,25)(H2,23,24,26). The minimum Gasteiger partial charge on any atom is -0.374 e. The third-order valence-electron chi connectivity index (χ3n) is 4.51. The van der Waals surface area contributed by atoms with Gasteiger partial charge in [0.05, 0.1) is 19.3 Å². The molecular weight excluding hydrogens is 342 g/mol. The number of amides is 3. The van der Waals surface area contributed by atoms with Crippen LogP contribution in [-0.2, 0) is 22.7 Å². The van der Waals surface area contributed by atoms with Gasteiger partial charge >= 0.3 is 6.03 Å². The third-order valence-corrected chi connectivity index (χ3v) is 4.51. The first-order valence-corrected chi connectivity index (χ1v) is 9.58. The van der Waals surface area contributed by atoms with Gasteiger partial charge in [-0.3, -0.25) is 4.79 Å². The first-order chi connectivity index (χ1) is 13.2. The monoisotopic (exact) mass is 371 g/mol. The largest absolute Gasteiger partial charge is 0.374 e. The molecule has 0 saturated heterocycles. The van der Waals surface area contributed by atoms with Crippen molar-refractivity contribution in [2.24, 2.45) is 0 Å². The molecule has 1 aromatic rings. The van der Waals surface area contributed by atoms with Crippen LogP contribution in [-0.4, -0.2) is 31.1 Å². The van der Waals surface area contributed by atoms with Gasteiger partial charge < -0.3 is 20.7 Å². The first-order valence-electron chi connectivity index (χ1n) is 9.58. The Bertz CT molecular complexity index is 648. The topological polar surface area (TPSA) is 79.5 Å². The predicted octanol–water partition coefficient (Wildman–Crippen LogP) is 2.47. The van der Waals surface area contributed by atoms with Crippen LogP contribution in [0.5, 0.6) is 0 Å². The fraction of sp³-hybridized carbons (Fsp3) is 0.524. The summed E-state index contributed by atoms with van der Waals surface area (Å²) < 4.78 is 6.00. The van der Waals surface area contributed by atoms with E-state index in [0.29, 0.717) is 19.3 Å². The molecule has 0 atom stereocenters. The van der Waals surface area contributed by atoms with E-state index in [2.05, 4.69) is 27.9 Å². The Morgan fingerprint density at radius 1 is 1.11 bits per heavy atom. The van der Waals surface area contributed by atoms with Crippen molar-refractivity contribution in [1.29, 1.82) is 0 Å². The molecule has 0 heterocycles. The Hall–Kier alpha value is -2.52. The second-order valence-corrected chi connectivity index (χ2v) is 6.73. The Kier molecular flexibility index (Phi) is 9.22. The molecule has 27 heavy (non-hydrogen) atoms. The molecule has 0 aromatic heterocycles. The molecule has 0 spiro atoms. The molecule has 6 nitrogen and oxygen atoms in total. The number of terminal acetylenes is 1. The molecule has 3 amide bonds. The molecule has 146 valence electrons. The Morgan fingerprint density at radius 2 is 1.89 bits per heavy atom. The number of rotatable bonds is 9. The summed E-state index contributed by atoms with van der Waals surface area (Å²) in [6, 6.07) is 7.74. The van der Waals surface area contributed by atoms with E-state index < -0.39 is 0 Å². The quantitative estimate of drug-likeness (QED) is 0.584. The fourth-order valence-electron chi connectivity index (χ4n) is 3.05. The van der Waals surface area contributed by atoms with Gasteiger partial charge in [0.15, 0.2) is 0 Å². The third kappa shape index (κ3) is 8.61. The zero-order valence-electron chi connectivity index (χ0n) is 15.8. The number of nitrogens with one attached hydrogen (secondary N) is 3. The van der Waals surface area contributed by atoms with Gasteiger partial charge in [-0.15, -0.1) is 6.42 Å². The number of hydrogen-bond acceptors (Lipinski definition) is 3. The van der Waals surface area contributed by atoms with Crippen LogP contribution in [0.1, 0.15) is 49.7 Å². The highest BCUT2D eigenvalue weighted by Gasteiger charge is 2.13. The lowest BCUT2D eigenvalue weighted by Crippen LogP contribution is -2.37. The highest BCUT2D eigenvalue weighted by Crippen LogP contribution is 2.21. The average molecular weight is 371 g/mol. The van der Waals surface area contributed by atoms with Crippen molar-refractivity contribution in [2.45, 2.75) is 57.8 Å². The second kappa shape index (κ2) is 12.0. The molecule has 0 aliphatic heterocycles. The van der Waals surface area contributed by atoms with E-state index in [1.807, 2.05) is 18.2 Å². The molecule has 1 aliphatic rings. The summed E-state index contributed by atoms with van der Waals surface area (Å²) in [5, 5.41) is 8.00. The summed E-state index contributed by atoms with van der Waals surface area (Å²) in [5.41, 5.74) is 2.13. The molecule has 1 aliphatic carbocycles. The number of benzene rings is 1. The summed E-state index contributed by atoms with van der Waals surface area (Å²) in [6.45, 7) is 1.49. The second-order valence-electron chi connectivity index (χ2n) is 6.73. The number of carbonyl (C=O) groups excluding carboxylic acids is 2. The average Bonchev–Trinajstić information content (AvgIpc) is 2.70. The SMILES string of the molecule is C#CCNC(=O)CCNC(=O)NCc1cccc(COC2CCCCC2)c1. The highest BCUT2D eigenvalue weighted by atomic mass is 16.5. The van der Waals surface area contributed by atoms with Crippen molar-refractivity contribution in [3.8, 4) is 12.3 Å². The highest BCUT2D eigenvalue weighted by molar-refractivity contribution is 5.78. The zero-order chi connectivity index (χ0) is 19.3. The van der Waals surface area contributed by atoms with Crippen LogP contribution >= 0.6 is 0 Å². The Morgan fingerprint density at radius 3 is 2.67 bits per heavy atom. The van der Waals surface area contributed by atoms with Gasteiger partial charge in [0.25, 0.3) is 0 Å². The van der Waals surface area contributed by atoms with Gasteiger partial charge in [0.2, 0.25) is 5.91 Å². The number of ether oxygens (including phenoxy) is 1. The summed E-state index contributed by atoms with van der Waals surface area (Å²) in [5.74, 6) is 2.15. The summed E-state index contributed by atoms with van der Waals surface area (Å²) >= 11 is 0. The first kappa shape index (κ1) is 20.8. The van der Waals surface area contributed by atoms with Crippen LogP contribution < -0.4 is 16.0 Å². The number of hydrogen-bond donors (Lipinski definition) is 3. The maximum absolute atomic E-state index is 11.8. The van der Waals surface area contributed by atoms with Crippen molar-refractivity contribution in [3.05, 3.63) is 35.4 Å². The Labute approximate surface area is 161 Å². The van der Waals surface area contributed by atoms with Crippen molar-refractivity contribution < 1.29 is 14.3 Å². The fourth-order valence-corrected chi connectivity index (χ4v) is 3.05. The lowest BCUT2D eigenvalue weighted by Gasteiger charge is -2.22. The van der Waals surface area contributed by atoms with Gasteiger partial charge in [-0.2, -0.15) is 0 Å². The molecule has 1 aromatic carbocycles. The minimum absolute atomic E-state index is 0.182. The lowest BCUT2D eigenvalue weighted by atomic mass is 9.98. The molecule has 6 heteroatoms. The van der Waals surface area contributed by atoms with Crippen molar-refractivity contribution >= 4 is 11.9 Å². The van der Waals surface area contributed by atoms with Gasteiger partial charge in [-0.05, 0) is 24.0 Å². The maximum Gasteiger partial charge on any atom is 0.315 e. The van der Waals surface area contributed by atoms with Crippen molar-refractivity contribution in [1.82, 2.24) is 16.0 Å². The van der Waals surface area contributed by atoms with Crippen LogP contribution in [0.4, 0.5) is 4.79 Å². The summed E-state index contributed by atoms with van der Waals surface area (Å²) in [4.78, 5) is 23.2. The van der Waals surface area contributed by atoms with Crippen LogP contribution in [0, 0.1) is 12.3 Å². The van der Waals surface area contributed by atoms with Gasteiger partial charge in [-0.25, -0.2) is 4.79 Å². The van der Waals surface area contributed by atoms with Crippen LogP contribution in [0.3, 0.4) is 0 Å². The Balaban J connectivity index is 1.65. The molecule has 2 rings (SSSR count). The van der Waals surface area contributed by atoms with Crippen LogP contribution in [0.2, 0.25) is 0 Å². The summed E-state index contributed by atoms with van der Waals surface area (Å²) in [6.07, 6.45) is 11.8. The van der Waals surface area contributed by atoms with E-state index in [0.717, 1.165) is 24.0 Å². The molecule has 0 unspecified atom stereocenters. The van der Waals surface area contributed by atoms with E-state index in [1.54, 1.807) is 0 Å². The van der Waals surface area contributed by atoms with E-state index in [1.165, 1.54) is 19.3 Å². The minimum atomic E-state index is -0.302. The van der Waals surface area contributed by atoms with E-state index in [-0.39, 0.29) is 31.4 Å². The van der Waals surface area contributed by atoms with Crippen LogP contribution in [0.25, 0.3) is 0 Å².